The second kappa shape index (κ2) is 8.00. The van der Waals surface area contributed by atoms with Crippen molar-refractivity contribution in [1.82, 2.24) is 14.8 Å². The third-order valence-corrected chi connectivity index (χ3v) is 5.34. The van der Waals surface area contributed by atoms with Crippen molar-refractivity contribution in [2.75, 3.05) is 11.1 Å². The molecule has 0 bridgehead atoms. The zero-order chi connectivity index (χ0) is 20.4. The fraction of sp³-hybridized carbons (Fsp3) is 0.211. The first-order valence-corrected chi connectivity index (χ1v) is 9.89. The highest BCUT2D eigenvalue weighted by atomic mass is 32.2. The number of nitro groups is 1. The molecule has 10 heteroatoms. The molecule has 0 unspecified atom stereocenters. The topological polar surface area (TPSA) is 103 Å². The highest BCUT2D eigenvalue weighted by Crippen LogP contribution is 2.41. The van der Waals surface area contributed by atoms with Gasteiger partial charge >= 0.3 is 0 Å². The van der Waals surface area contributed by atoms with Gasteiger partial charge in [0.2, 0.25) is 5.91 Å². The quantitative estimate of drug-likeness (QED) is 0.356. The lowest BCUT2D eigenvalue weighted by molar-refractivity contribution is -0.383. The Kier molecular flexibility index (Phi) is 5.26. The van der Waals surface area contributed by atoms with E-state index in [2.05, 4.69) is 15.5 Å². The predicted molar refractivity (Wildman–Crippen MR) is 106 cm³/mol. The first-order valence-electron chi connectivity index (χ1n) is 8.90. The van der Waals surface area contributed by atoms with Crippen LogP contribution in [0.25, 0.3) is 11.4 Å². The molecular weight excluding hydrogens is 397 g/mol. The van der Waals surface area contributed by atoms with Crippen LogP contribution in [0.4, 0.5) is 15.8 Å². The molecule has 1 N–H and O–H groups in total. The summed E-state index contributed by atoms with van der Waals surface area (Å²) in [5.41, 5.74) is 0.329. The Labute approximate surface area is 169 Å². The van der Waals surface area contributed by atoms with Crippen LogP contribution in [-0.4, -0.2) is 31.3 Å². The summed E-state index contributed by atoms with van der Waals surface area (Å²) in [6.07, 6.45) is 1.88. The van der Waals surface area contributed by atoms with Crippen molar-refractivity contribution in [2.24, 2.45) is 0 Å². The number of nitro benzene ring substituents is 1. The van der Waals surface area contributed by atoms with Gasteiger partial charge < -0.3 is 5.32 Å². The molecule has 148 valence electrons. The average Bonchev–Trinajstić information content (AvgIpc) is 3.46. The molecule has 1 saturated carbocycles. The monoisotopic (exact) mass is 413 g/mol. The summed E-state index contributed by atoms with van der Waals surface area (Å²) in [7, 11) is 0. The lowest BCUT2D eigenvalue weighted by Crippen LogP contribution is -2.15. The minimum atomic E-state index is -0.548. The van der Waals surface area contributed by atoms with Crippen LogP contribution in [0.1, 0.15) is 18.9 Å². The fourth-order valence-electron chi connectivity index (χ4n) is 2.92. The van der Waals surface area contributed by atoms with Gasteiger partial charge in [0, 0.05) is 12.1 Å². The van der Waals surface area contributed by atoms with Crippen LogP contribution in [-0.2, 0) is 4.79 Å². The van der Waals surface area contributed by atoms with Gasteiger partial charge in [-0.15, -0.1) is 10.2 Å². The van der Waals surface area contributed by atoms with Crippen molar-refractivity contribution >= 4 is 29.0 Å². The molecule has 29 heavy (non-hydrogen) atoms. The Hall–Kier alpha value is -3.27. The first kappa shape index (κ1) is 19.1. The molecule has 0 spiro atoms. The van der Waals surface area contributed by atoms with E-state index in [0.29, 0.717) is 16.5 Å². The SMILES string of the molecule is O=C(CSc1nnc(-c2ccccc2F)n1C1CC1)Nc1ccccc1[N+](=O)[O-]. The molecule has 1 aliphatic rings. The zero-order valence-corrected chi connectivity index (χ0v) is 15.9. The number of benzene rings is 2. The molecule has 1 heterocycles. The molecule has 3 aromatic rings. The molecule has 1 amide bonds. The summed E-state index contributed by atoms with van der Waals surface area (Å²) in [6, 6.07) is 12.5. The molecule has 2 aromatic carbocycles. The fourth-order valence-corrected chi connectivity index (χ4v) is 3.72. The third-order valence-electron chi connectivity index (χ3n) is 4.40. The lowest BCUT2D eigenvalue weighted by atomic mass is 10.2. The van der Waals surface area contributed by atoms with E-state index in [-0.39, 0.29) is 29.0 Å². The normalized spacial score (nSPS) is 13.3. The Morgan fingerprint density at radius 1 is 1.21 bits per heavy atom. The van der Waals surface area contributed by atoms with Gasteiger partial charge in [0.25, 0.3) is 5.69 Å². The van der Waals surface area contributed by atoms with Gasteiger partial charge in [-0.25, -0.2) is 4.39 Å². The van der Waals surface area contributed by atoms with Gasteiger partial charge in [-0.1, -0.05) is 36.0 Å². The number of carbonyl (C=O) groups excluding carboxylic acids is 1. The van der Waals surface area contributed by atoms with Crippen LogP contribution in [0.3, 0.4) is 0 Å². The number of hydrogen-bond acceptors (Lipinski definition) is 6. The van der Waals surface area contributed by atoms with E-state index in [9.17, 15) is 19.3 Å². The number of halogens is 1. The van der Waals surface area contributed by atoms with Crippen molar-refractivity contribution in [3.05, 3.63) is 64.5 Å². The van der Waals surface area contributed by atoms with Crippen molar-refractivity contribution in [3.63, 3.8) is 0 Å². The molecule has 4 rings (SSSR count). The highest BCUT2D eigenvalue weighted by molar-refractivity contribution is 7.99. The molecule has 0 radical (unpaired) electrons. The van der Waals surface area contributed by atoms with Crippen molar-refractivity contribution in [3.8, 4) is 11.4 Å². The van der Waals surface area contributed by atoms with Gasteiger partial charge in [-0.3, -0.25) is 19.5 Å². The largest absolute Gasteiger partial charge is 0.320 e. The van der Waals surface area contributed by atoms with Crippen molar-refractivity contribution < 1.29 is 14.1 Å². The number of anilines is 1. The van der Waals surface area contributed by atoms with Gasteiger partial charge in [0.05, 0.1) is 16.2 Å². The summed E-state index contributed by atoms with van der Waals surface area (Å²) in [5.74, 6) is -0.351. The van der Waals surface area contributed by atoms with Crippen LogP contribution >= 0.6 is 11.8 Å². The summed E-state index contributed by atoms with van der Waals surface area (Å²) >= 11 is 1.16. The number of aromatic nitrogens is 3. The second-order valence-electron chi connectivity index (χ2n) is 6.50. The van der Waals surface area contributed by atoms with Gasteiger partial charge in [-0.2, -0.15) is 0 Å². The summed E-state index contributed by atoms with van der Waals surface area (Å²) in [6.45, 7) is 0. The van der Waals surface area contributed by atoms with E-state index >= 15 is 0 Å². The Balaban J connectivity index is 1.50. The van der Waals surface area contributed by atoms with Crippen LogP contribution in [0.15, 0.2) is 53.7 Å². The number of para-hydroxylation sites is 2. The number of nitrogens with one attached hydrogen (secondary N) is 1. The zero-order valence-electron chi connectivity index (χ0n) is 15.1. The maximum Gasteiger partial charge on any atom is 0.292 e. The van der Waals surface area contributed by atoms with Crippen LogP contribution in [0.2, 0.25) is 0 Å². The average molecular weight is 413 g/mol. The van der Waals surface area contributed by atoms with Crippen LogP contribution in [0.5, 0.6) is 0 Å². The third kappa shape index (κ3) is 4.11. The summed E-state index contributed by atoms with van der Waals surface area (Å²) in [4.78, 5) is 22.8. The van der Waals surface area contributed by atoms with E-state index in [4.69, 9.17) is 0 Å². The Morgan fingerprint density at radius 3 is 2.66 bits per heavy atom. The summed E-state index contributed by atoms with van der Waals surface area (Å²) < 4.78 is 16.1. The maximum absolute atomic E-state index is 14.2. The standard InChI is InChI=1S/C19H16FN5O3S/c20-14-6-2-1-5-13(14)18-22-23-19(24(18)12-9-10-12)29-11-17(26)21-15-7-3-4-8-16(15)25(27)28/h1-8,12H,9-11H2,(H,21,26). The van der Waals surface area contributed by atoms with E-state index in [1.165, 1.54) is 24.3 Å². The first-order chi connectivity index (χ1) is 14.0. The number of rotatable bonds is 7. The van der Waals surface area contributed by atoms with E-state index in [1.54, 1.807) is 24.3 Å². The maximum atomic E-state index is 14.2. The molecule has 1 fully saturated rings. The highest BCUT2D eigenvalue weighted by Gasteiger charge is 2.31. The van der Waals surface area contributed by atoms with E-state index in [0.717, 1.165) is 24.6 Å². The smallest absolute Gasteiger partial charge is 0.292 e. The summed E-state index contributed by atoms with van der Waals surface area (Å²) in [5, 5.41) is 22.4. The Morgan fingerprint density at radius 2 is 1.93 bits per heavy atom. The molecule has 0 atom stereocenters. The lowest BCUT2D eigenvalue weighted by Gasteiger charge is -2.09. The van der Waals surface area contributed by atoms with E-state index < -0.39 is 10.8 Å². The number of hydrogen-bond donors (Lipinski definition) is 1. The van der Waals surface area contributed by atoms with Crippen LogP contribution < -0.4 is 5.32 Å². The Bertz CT molecular complexity index is 1080. The second-order valence-corrected chi connectivity index (χ2v) is 7.44. The molecule has 1 aromatic heterocycles. The molecule has 0 saturated heterocycles. The van der Waals surface area contributed by atoms with Crippen molar-refractivity contribution in [1.29, 1.82) is 0 Å². The van der Waals surface area contributed by atoms with Crippen LogP contribution in [0, 0.1) is 15.9 Å². The molecule has 0 aliphatic heterocycles. The number of nitrogens with zero attached hydrogens (tertiary/aromatic N) is 4. The molecular formula is C19H16FN5O3S. The van der Waals surface area contributed by atoms with Crippen molar-refractivity contribution in [2.45, 2.75) is 24.0 Å². The van der Waals surface area contributed by atoms with E-state index in [1.807, 2.05) is 4.57 Å². The van der Waals surface area contributed by atoms with Gasteiger partial charge in [-0.05, 0) is 31.0 Å². The molecule has 1 aliphatic carbocycles. The number of carbonyl (C=O) groups is 1. The number of amides is 1. The van der Waals surface area contributed by atoms with Gasteiger partial charge in [0.15, 0.2) is 11.0 Å². The predicted octanol–water partition coefficient (Wildman–Crippen LogP) is 4.06. The number of thioether (sulfide) groups is 1. The molecule has 8 nitrogen and oxygen atoms in total. The minimum absolute atomic E-state index is 0.00578. The van der Waals surface area contributed by atoms with Gasteiger partial charge in [0.1, 0.15) is 11.5 Å². The minimum Gasteiger partial charge on any atom is -0.320 e.